The number of hydrogen-bond donors (Lipinski definition) is 1. The molecule has 0 saturated carbocycles. The van der Waals surface area contributed by atoms with Gasteiger partial charge in [-0.3, -0.25) is 13.9 Å². The minimum atomic E-state index is -0.377. The van der Waals surface area contributed by atoms with Crippen LogP contribution in [0.25, 0.3) is 11.2 Å². The van der Waals surface area contributed by atoms with Gasteiger partial charge in [0.25, 0.3) is 5.56 Å². The second-order valence-corrected chi connectivity index (χ2v) is 6.21. The molecule has 0 aliphatic carbocycles. The summed E-state index contributed by atoms with van der Waals surface area (Å²) in [7, 11) is 3.12. The van der Waals surface area contributed by atoms with Crippen molar-refractivity contribution in [3.8, 4) is 0 Å². The number of anilines is 1. The Kier molecular flexibility index (Phi) is 4.46. The molecule has 9 heteroatoms. The van der Waals surface area contributed by atoms with E-state index in [1.807, 2.05) is 11.5 Å². The van der Waals surface area contributed by atoms with Gasteiger partial charge in [-0.1, -0.05) is 0 Å². The summed E-state index contributed by atoms with van der Waals surface area (Å²) < 4.78 is 10.0. The van der Waals surface area contributed by atoms with E-state index in [-0.39, 0.29) is 17.4 Å². The number of ether oxygens (including phenoxy) is 1. The maximum Gasteiger partial charge on any atom is 0.332 e. The molecule has 24 heavy (non-hydrogen) atoms. The average Bonchev–Trinajstić information content (AvgIpc) is 2.95. The monoisotopic (exact) mass is 336 g/mol. The lowest BCUT2D eigenvalue weighted by atomic mass is 10.3. The molecule has 3 heterocycles. The fraction of sp³-hybridized carbons (Fsp3) is 0.667. The molecular formula is C15H24N6O3. The summed E-state index contributed by atoms with van der Waals surface area (Å²) in [5, 5.41) is 0. The molecule has 9 nitrogen and oxygen atoms in total. The zero-order valence-electron chi connectivity index (χ0n) is 14.4. The Morgan fingerprint density at radius 1 is 1.29 bits per heavy atom. The first-order valence-corrected chi connectivity index (χ1v) is 8.18. The molecule has 2 aromatic rings. The molecule has 0 spiro atoms. The minimum absolute atomic E-state index is 0.0909. The van der Waals surface area contributed by atoms with E-state index in [2.05, 4.69) is 9.88 Å². The Balaban J connectivity index is 2.24. The molecule has 0 bridgehead atoms. The zero-order valence-corrected chi connectivity index (χ0v) is 14.4. The third kappa shape index (κ3) is 2.63. The maximum absolute atomic E-state index is 12.7. The van der Waals surface area contributed by atoms with Crippen LogP contribution in [0.5, 0.6) is 0 Å². The summed E-state index contributed by atoms with van der Waals surface area (Å²) in [6.07, 6.45) is 0.817. The van der Waals surface area contributed by atoms with E-state index in [0.29, 0.717) is 49.9 Å². The maximum atomic E-state index is 12.7. The first kappa shape index (κ1) is 16.7. The molecule has 1 fully saturated rings. The normalized spacial score (nSPS) is 18.5. The predicted octanol–water partition coefficient (Wildman–Crippen LogP) is -0.992. The Hall–Kier alpha value is -2.13. The van der Waals surface area contributed by atoms with E-state index in [4.69, 9.17) is 10.5 Å². The summed E-state index contributed by atoms with van der Waals surface area (Å²) in [6.45, 7) is 5.11. The van der Waals surface area contributed by atoms with E-state index in [0.717, 1.165) is 11.0 Å². The molecule has 1 saturated heterocycles. The van der Waals surface area contributed by atoms with Crippen molar-refractivity contribution < 1.29 is 4.74 Å². The largest absolute Gasteiger partial charge is 0.375 e. The number of aryl methyl sites for hydroxylation is 2. The Morgan fingerprint density at radius 2 is 2.04 bits per heavy atom. The van der Waals surface area contributed by atoms with Crippen molar-refractivity contribution in [3.63, 3.8) is 0 Å². The number of rotatable bonds is 4. The van der Waals surface area contributed by atoms with Gasteiger partial charge < -0.3 is 19.9 Å². The fourth-order valence-electron chi connectivity index (χ4n) is 3.14. The highest BCUT2D eigenvalue weighted by Gasteiger charge is 2.25. The van der Waals surface area contributed by atoms with Crippen molar-refractivity contribution in [2.75, 3.05) is 31.1 Å². The topological polar surface area (TPSA) is 100 Å². The molecule has 0 amide bonds. The van der Waals surface area contributed by atoms with Crippen molar-refractivity contribution in [2.45, 2.75) is 26.0 Å². The summed E-state index contributed by atoms with van der Waals surface area (Å²) in [5.74, 6) is 0.701. The van der Waals surface area contributed by atoms with Crippen LogP contribution in [0.1, 0.15) is 13.3 Å². The Labute approximate surface area is 139 Å². The van der Waals surface area contributed by atoms with Crippen LogP contribution in [0.2, 0.25) is 0 Å². The molecular weight excluding hydrogens is 312 g/mol. The van der Waals surface area contributed by atoms with Crippen molar-refractivity contribution in [2.24, 2.45) is 19.8 Å². The van der Waals surface area contributed by atoms with Crippen LogP contribution >= 0.6 is 0 Å². The van der Waals surface area contributed by atoms with Gasteiger partial charge >= 0.3 is 5.69 Å². The van der Waals surface area contributed by atoms with E-state index < -0.39 is 0 Å². The van der Waals surface area contributed by atoms with E-state index in [1.54, 1.807) is 7.05 Å². The molecule has 1 aliphatic rings. The van der Waals surface area contributed by atoms with Gasteiger partial charge in [-0.05, 0) is 19.9 Å². The minimum Gasteiger partial charge on any atom is -0.375 e. The Bertz CT molecular complexity index is 865. The highest BCUT2D eigenvalue weighted by Crippen LogP contribution is 2.22. The van der Waals surface area contributed by atoms with Crippen molar-refractivity contribution in [1.82, 2.24) is 18.7 Å². The van der Waals surface area contributed by atoms with Gasteiger partial charge in [-0.2, -0.15) is 4.98 Å². The van der Waals surface area contributed by atoms with Gasteiger partial charge in [-0.15, -0.1) is 0 Å². The third-order valence-electron chi connectivity index (χ3n) is 4.44. The molecule has 0 radical (unpaired) electrons. The Morgan fingerprint density at radius 3 is 2.71 bits per heavy atom. The highest BCUT2D eigenvalue weighted by atomic mass is 16.5. The molecule has 132 valence electrons. The number of imidazole rings is 1. The van der Waals surface area contributed by atoms with E-state index >= 15 is 0 Å². The van der Waals surface area contributed by atoms with Gasteiger partial charge in [0.2, 0.25) is 5.95 Å². The number of nitrogens with two attached hydrogens (primary N) is 1. The summed E-state index contributed by atoms with van der Waals surface area (Å²) in [4.78, 5) is 31.6. The number of hydrogen-bond acceptors (Lipinski definition) is 6. The predicted molar refractivity (Wildman–Crippen MR) is 91.5 cm³/mol. The summed E-state index contributed by atoms with van der Waals surface area (Å²) >= 11 is 0. The molecule has 2 N–H and O–H groups in total. The lowest BCUT2D eigenvalue weighted by molar-refractivity contribution is 0.0524. The number of nitrogens with zero attached hydrogens (tertiary/aromatic N) is 5. The smallest absolute Gasteiger partial charge is 0.332 e. The highest BCUT2D eigenvalue weighted by molar-refractivity contribution is 5.74. The summed E-state index contributed by atoms with van der Waals surface area (Å²) in [6, 6.07) is 0. The van der Waals surface area contributed by atoms with Gasteiger partial charge in [0.15, 0.2) is 11.2 Å². The summed E-state index contributed by atoms with van der Waals surface area (Å²) in [5.41, 5.74) is 5.81. The fourth-order valence-corrected chi connectivity index (χ4v) is 3.14. The number of fused-ring (bicyclic) bond motifs is 1. The second-order valence-electron chi connectivity index (χ2n) is 6.21. The molecule has 1 unspecified atom stereocenters. The molecule has 3 rings (SSSR count). The van der Waals surface area contributed by atoms with Crippen molar-refractivity contribution >= 4 is 17.1 Å². The van der Waals surface area contributed by atoms with E-state index in [1.165, 1.54) is 11.6 Å². The SMILES string of the molecule is CC1CN(c2nc3c(c(=O)n(C)c(=O)n3C)n2CCCN)CCO1. The van der Waals surface area contributed by atoms with Gasteiger partial charge in [-0.25, -0.2) is 4.79 Å². The molecule has 0 aromatic carbocycles. The van der Waals surface area contributed by atoms with Gasteiger partial charge in [0, 0.05) is 33.7 Å². The third-order valence-corrected chi connectivity index (χ3v) is 4.44. The lowest BCUT2D eigenvalue weighted by Crippen LogP contribution is -2.42. The zero-order chi connectivity index (χ0) is 17.4. The first-order valence-electron chi connectivity index (χ1n) is 8.18. The molecule has 1 atom stereocenters. The van der Waals surface area contributed by atoms with Crippen LogP contribution in [0.3, 0.4) is 0 Å². The second kappa shape index (κ2) is 6.40. The number of morpholine rings is 1. The van der Waals surface area contributed by atoms with E-state index in [9.17, 15) is 9.59 Å². The lowest BCUT2D eigenvalue weighted by Gasteiger charge is -2.32. The number of aromatic nitrogens is 4. The van der Waals surface area contributed by atoms with Crippen LogP contribution in [0, 0.1) is 0 Å². The average molecular weight is 336 g/mol. The van der Waals surface area contributed by atoms with Gasteiger partial charge in [0.05, 0.1) is 12.7 Å². The quantitative estimate of drug-likeness (QED) is 0.769. The van der Waals surface area contributed by atoms with Crippen LogP contribution in [0.15, 0.2) is 9.59 Å². The van der Waals surface area contributed by atoms with Crippen LogP contribution in [0.4, 0.5) is 5.95 Å². The first-order chi connectivity index (χ1) is 11.5. The molecule has 1 aliphatic heterocycles. The van der Waals surface area contributed by atoms with Crippen LogP contribution in [-0.2, 0) is 25.4 Å². The van der Waals surface area contributed by atoms with Gasteiger partial charge in [0.1, 0.15) is 0 Å². The van der Waals surface area contributed by atoms with Crippen molar-refractivity contribution in [1.29, 1.82) is 0 Å². The standard InChI is InChI=1S/C15H24N6O3/c1-10-9-20(7-8-24-10)14-17-12-11(21(14)6-4-5-16)13(22)19(3)15(23)18(12)2/h10H,4-9,16H2,1-3H3. The van der Waals surface area contributed by atoms with Crippen LogP contribution < -0.4 is 21.9 Å². The molecule has 2 aromatic heterocycles. The van der Waals surface area contributed by atoms with Crippen LogP contribution in [-0.4, -0.2) is 51.0 Å². The van der Waals surface area contributed by atoms with Crippen molar-refractivity contribution in [3.05, 3.63) is 20.8 Å².